The van der Waals surface area contributed by atoms with Crippen LogP contribution < -0.4 is 24.3 Å². The van der Waals surface area contributed by atoms with Gasteiger partial charge < -0.3 is 29.2 Å². The molecule has 12 nitrogen and oxygen atoms in total. The smallest absolute Gasteiger partial charge is 0.255 e. The predicted octanol–water partition coefficient (Wildman–Crippen LogP) is 4.00. The number of amides is 2. The molecule has 43 heavy (non-hydrogen) atoms. The Labute approximate surface area is 250 Å². The number of hydrogen-bond donors (Lipinski definition) is 1. The quantitative estimate of drug-likeness (QED) is 0.276. The van der Waals surface area contributed by atoms with Crippen molar-refractivity contribution in [3.8, 4) is 28.7 Å². The molecule has 0 saturated heterocycles. The van der Waals surface area contributed by atoms with Gasteiger partial charge in [0.05, 0.1) is 34.1 Å². The van der Waals surface area contributed by atoms with Crippen LogP contribution in [0.15, 0.2) is 67.0 Å². The largest absolute Gasteiger partial charge is 0.497 e. The topological polar surface area (TPSA) is 130 Å². The Morgan fingerprint density at radius 1 is 0.907 bits per heavy atom. The van der Waals surface area contributed by atoms with Crippen LogP contribution in [0.3, 0.4) is 0 Å². The zero-order valence-electron chi connectivity index (χ0n) is 25.3. The number of tetrazole rings is 1. The Bertz CT molecular complexity index is 1520. The Balaban J connectivity index is 1.91. The van der Waals surface area contributed by atoms with E-state index in [1.807, 2.05) is 32.9 Å². The van der Waals surface area contributed by atoms with Gasteiger partial charge >= 0.3 is 0 Å². The molecule has 1 N–H and O–H groups in total. The fourth-order valence-corrected chi connectivity index (χ4v) is 4.60. The minimum absolute atomic E-state index is 0.0941. The number of hydrogen-bond acceptors (Lipinski definition) is 9. The van der Waals surface area contributed by atoms with E-state index < -0.39 is 17.5 Å². The van der Waals surface area contributed by atoms with Crippen LogP contribution in [0.4, 0.5) is 0 Å². The lowest BCUT2D eigenvalue weighted by Crippen LogP contribution is -2.49. The molecule has 2 amide bonds. The maximum absolute atomic E-state index is 14.5. The first-order chi connectivity index (χ1) is 20.6. The van der Waals surface area contributed by atoms with Gasteiger partial charge in [0.25, 0.3) is 5.91 Å². The Morgan fingerprint density at radius 3 is 2.12 bits per heavy atom. The second-order valence-corrected chi connectivity index (χ2v) is 10.7. The van der Waals surface area contributed by atoms with Gasteiger partial charge in [0.1, 0.15) is 18.1 Å². The molecule has 0 saturated carbocycles. The van der Waals surface area contributed by atoms with Crippen molar-refractivity contribution in [1.82, 2.24) is 30.4 Å². The lowest BCUT2D eigenvalue weighted by Gasteiger charge is -2.34. The van der Waals surface area contributed by atoms with E-state index in [1.165, 1.54) is 37.2 Å². The average Bonchev–Trinajstić information content (AvgIpc) is 3.54. The Morgan fingerprint density at radius 2 is 1.58 bits per heavy atom. The summed E-state index contributed by atoms with van der Waals surface area (Å²) >= 11 is 0. The lowest BCUT2D eigenvalue weighted by atomic mass is 9.98. The van der Waals surface area contributed by atoms with Gasteiger partial charge in [-0.1, -0.05) is 18.2 Å². The molecule has 0 radical (unpaired) electrons. The summed E-state index contributed by atoms with van der Waals surface area (Å²) in [5.74, 6) is 0.952. The van der Waals surface area contributed by atoms with Gasteiger partial charge in [-0.15, -0.1) is 5.10 Å². The molecule has 1 atom stereocenters. The number of benzene rings is 3. The van der Waals surface area contributed by atoms with Gasteiger partial charge in [-0.05, 0) is 84.8 Å². The van der Waals surface area contributed by atoms with Crippen molar-refractivity contribution in [2.24, 2.45) is 0 Å². The van der Waals surface area contributed by atoms with E-state index in [9.17, 15) is 9.59 Å². The Hall–Kier alpha value is -5.13. The van der Waals surface area contributed by atoms with Crippen molar-refractivity contribution in [2.45, 2.75) is 38.9 Å². The van der Waals surface area contributed by atoms with E-state index in [1.54, 1.807) is 55.6 Å². The number of carbonyl (C=O) groups is 2. The fraction of sp³-hybridized carbons (Fsp3) is 0.323. The highest BCUT2D eigenvalue weighted by molar-refractivity contribution is 5.98. The highest BCUT2D eigenvalue weighted by Crippen LogP contribution is 2.41. The first kappa shape index (κ1) is 30.8. The first-order valence-electron chi connectivity index (χ1n) is 13.5. The molecule has 12 heteroatoms. The normalized spacial score (nSPS) is 11.8. The molecular formula is C31H36N6O6. The molecule has 0 fully saturated rings. The number of aromatic nitrogens is 4. The molecule has 0 unspecified atom stereocenters. The summed E-state index contributed by atoms with van der Waals surface area (Å²) in [4.78, 5) is 30.2. The maximum Gasteiger partial charge on any atom is 0.255 e. The zero-order chi connectivity index (χ0) is 31.1. The number of ether oxygens (including phenoxy) is 4. The number of carbonyl (C=O) groups excluding carboxylic acids is 2. The third kappa shape index (κ3) is 7.21. The van der Waals surface area contributed by atoms with Crippen LogP contribution in [0.25, 0.3) is 5.69 Å². The summed E-state index contributed by atoms with van der Waals surface area (Å²) in [6, 6.07) is 16.5. The van der Waals surface area contributed by atoms with Gasteiger partial charge in [-0.3, -0.25) is 9.59 Å². The van der Waals surface area contributed by atoms with Gasteiger partial charge in [0.15, 0.2) is 11.5 Å². The SMILES string of the molecule is COc1ccc(CN(C(=O)c2cccc(-n3cnnn3)c2)[C@@H](C(=O)NC(C)(C)C)c2cc(OC)c(OC)c(OC)c2)cc1. The van der Waals surface area contributed by atoms with E-state index in [4.69, 9.17) is 18.9 Å². The summed E-state index contributed by atoms with van der Waals surface area (Å²) in [7, 11) is 6.08. The van der Waals surface area contributed by atoms with Crippen LogP contribution in [0, 0.1) is 0 Å². The minimum atomic E-state index is -1.10. The van der Waals surface area contributed by atoms with E-state index in [2.05, 4.69) is 20.8 Å². The molecule has 1 aromatic heterocycles. The highest BCUT2D eigenvalue weighted by atomic mass is 16.5. The van der Waals surface area contributed by atoms with Crippen molar-refractivity contribution in [3.63, 3.8) is 0 Å². The Kier molecular flexibility index (Phi) is 9.49. The summed E-state index contributed by atoms with van der Waals surface area (Å²) in [6.45, 7) is 5.73. The van der Waals surface area contributed by atoms with Crippen LogP contribution in [0.2, 0.25) is 0 Å². The van der Waals surface area contributed by atoms with Gasteiger partial charge in [0.2, 0.25) is 11.7 Å². The summed E-state index contributed by atoms with van der Waals surface area (Å²) < 4.78 is 23.5. The second kappa shape index (κ2) is 13.2. The third-order valence-corrected chi connectivity index (χ3v) is 6.54. The zero-order valence-corrected chi connectivity index (χ0v) is 25.3. The van der Waals surface area contributed by atoms with Crippen molar-refractivity contribution < 1.29 is 28.5 Å². The van der Waals surface area contributed by atoms with Crippen molar-refractivity contribution in [3.05, 3.63) is 83.7 Å². The minimum Gasteiger partial charge on any atom is -0.497 e. The number of nitrogens with zero attached hydrogens (tertiary/aromatic N) is 5. The number of nitrogens with one attached hydrogen (secondary N) is 1. The van der Waals surface area contributed by atoms with Crippen LogP contribution in [-0.2, 0) is 11.3 Å². The average molecular weight is 589 g/mol. The second-order valence-electron chi connectivity index (χ2n) is 10.7. The molecule has 4 rings (SSSR count). The van der Waals surface area contributed by atoms with E-state index in [0.29, 0.717) is 39.8 Å². The van der Waals surface area contributed by atoms with Crippen LogP contribution >= 0.6 is 0 Å². The van der Waals surface area contributed by atoms with E-state index >= 15 is 0 Å². The highest BCUT2D eigenvalue weighted by Gasteiger charge is 2.35. The van der Waals surface area contributed by atoms with E-state index in [-0.39, 0.29) is 12.5 Å². The monoisotopic (exact) mass is 588 g/mol. The number of methoxy groups -OCH3 is 4. The summed E-state index contributed by atoms with van der Waals surface area (Å²) in [5.41, 5.74) is 1.58. The van der Waals surface area contributed by atoms with Crippen LogP contribution in [-0.4, -0.2) is 70.9 Å². The fourth-order valence-electron chi connectivity index (χ4n) is 4.60. The molecule has 226 valence electrons. The molecule has 0 bridgehead atoms. The molecule has 0 spiro atoms. The standard InChI is InChI=1S/C31H36N6O6/c1-31(2,3)33-29(38)27(22-16-25(41-5)28(43-7)26(17-22)42-6)36(18-20-11-13-24(40-4)14-12-20)30(39)21-9-8-10-23(15-21)37-19-32-34-35-37/h8-17,19,27H,18H2,1-7H3,(H,33,38)/t27-/m1/s1. The molecule has 0 aliphatic heterocycles. The maximum atomic E-state index is 14.5. The molecule has 3 aromatic carbocycles. The van der Waals surface area contributed by atoms with Crippen molar-refractivity contribution in [1.29, 1.82) is 0 Å². The summed E-state index contributed by atoms with van der Waals surface area (Å²) in [6.07, 6.45) is 1.44. The third-order valence-electron chi connectivity index (χ3n) is 6.54. The molecular weight excluding hydrogens is 552 g/mol. The van der Waals surface area contributed by atoms with E-state index in [0.717, 1.165) is 5.56 Å². The molecule has 0 aliphatic rings. The van der Waals surface area contributed by atoms with Crippen molar-refractivity contribution in [2.75, 3.05) is 28.4 Å². The van der Waals surface area contributed by atoms with Crippen LogP contribution in [0.5, 0.6) is 23.0 Å². The van der Waals surface area contributed by atoms with Gasteiger partial charge in [0, 0.05) is 17.6 Å². The predicted molar refractivity (Wildman–Crippen MR) is 159 cm³/mol. The molecule has 0 aliphatic carbocycles. The number of rotatable bonds is 11. The molecule has 1 heterocycles. The molecule has 4 aromatic rings. The van der Waals surface area contributed by atoms with Crippen molar-refractivity contribution >= 4 is 11.8 Å². The summed E-state index contributed by atoms with van der Waals surface area (Å²) in [5, 5.41) is 14.4. The lowest BCUT2D eigenvalue weighted by molar-refractivity contribution is -0.127. The van der Waals surface area contributed by atoms with Gasteiger partial charge in [-0.25, -0.2) is 4.68 Å². The van der Waals surface area contributed by atoms with Gasteiger partial charge in [-0.2, -0.15) is 0 Å². The first-order valence-corrected chi connectivity index (χ1v) is 13.5. The van der Waals surface area contributed by atoms with Crippen LogP contribution in [0.1, 0.15) is 48.3 Å².